The van der Waals surface area contributed by atoms with Gasteiger partial charge in [0.2, 0.25) is 0 Å². The number of rotatable bonds is 5. The number of hydrogen-bond acceptors (Lipinski definition) is 6. The lowest BCUT2D eigenvalue weighted by molar-refractivity contribution is -0.385. The Morgan fingerprint density at radius 2 is 2.23 bits per heavy atom. The predicted octanol–water partition coefficient (Wildman–Crippen LogP) is 3.75. The van der Waals surface area contributed by atoms with E-state index in [2.05, 4.69) is 10.4 Å². The zero-order valence-electron chi connectivity index (χ0n) is 11.4. The molecule has 0 N–H and O–H groups in total. The quantitative estimate of drug-likeness (QED) is 0.614. The third-order valence-corrected chi connectivity index (χ3v) is 4.78. The molecule has 1 heterocycles. The van der Waals surface area contributed by atoms with Crippen molar-refractivity contribution in [1.82, 2.24) is 4.37 Å². The Kier molecular flexibility index (Phi) is 3.96. The Bertz CT molecular complexity index is 766. The minimum Gasteiger partial charge on any atom is -0.353 e. The van der Waals surface area contributed by atoms with Gasteiger partial charge in [-0.05, 0) is 24.4 Å². The molecule has 0 saturated heterocycles. The van der Waals surface area contributed by atoms with Gasteiger partial charge in [-0.1, -0.05) is 29.8 Å². The van der Waals surface area contributed by atoms with Gasteiger partial charge < -0.3 is 4.90 Å². The number of aromatic nitrogens is 1. The Morgan fingerprint density at radius 1 is 1.50 bits per heavy atom. The number of benzene rings is 1. The molecule has 2 aromatic rings. The Balaban J connectivity index is 1.97. The minimum absolute atomic E-state index is 0.0854. The number of para-hydroxylation sites is 1. The summed E-state index contributed by atoms with van der Waals surface area (Å²) in [6, 6.07) is 9.00. The second-order valence-corrected chi connectivity index (χ2v) is 6.12. The second-order valence-electron chi connectivity index (χ2n) is 5.01. The first-order valence-electron chi connectivity index (χ1n) is 6.66. The summed E-state index contributed by atoms with van der Waals surface area (Å²) >= 11 is 7.10. The van der Waals surface area contributed by atoms with E-state index in [-0.39, 0.29) is 21.8 Å². The van der Waals surface area contributed by atoms with Crippen LogP contribution < -0.4 is 4.90 Å². The van der Waals surface area contributed by atoms with E-state index in [0.717, 1.165) is 24.4 Å². The first kappa shape index (κ1) is 14.8. The van der Waals surface area contributed by atoms with Crippen LogP contribution in [0.4, 0.5) is 10.7 Å². The minimum atomic E-state index is -0.384. The van der Waals surface area contributed by atoms with Crippen LogP contribution in [0.15, 0.2) is 24.3 Å². The van der Waals surface area contributed by atoms with Crippen molar-refractivity contribution in [3.05, 3.63) is 50.7 Å². The maximum absolute atomic E-state index is 11.2. The van der Waals surface area contributed by atoms with Crippen molar-refractivity contribution < 1.29 is 4.92 Å². The highest BCUT2D eigenvalue weighted by molar-refractivity contribution is 7.10. The van der Waals surface area contributed by atoms with Crippen LogP contribution in [0.25, 0.3) is 0 Å². The average Bonchev–Trinajstić information content (AvgIpc) is 3.28. The summed E-state index contributed by atoms with van der Waals surface area (Å²) < 4.78 is 4.03. The fourth-order valence-electron chi connectivity index (χ4n) is 2.31. The normalized spacial score (nSPS) is 13.6. The fraction of sp³-hybridized carbons (Fsp3) is 0.286. The van der Waals surface area contributed by atoms with Crippen molar-refractivity contribution in [2.75, 3.05) is 4.90 Å². The number of nitro groups is 1. The molecule has 8 heteroatoms. The highest BCUT2D eigenvalue weighted by Crippen LogP contribution is 2.40. The predicted molar refractivity (Wildman–Crippen MR) is 84.1 cm³/mol. The maximum atomic E-state index is 11.2. The summed E-state index contributed by atoms with van der Waals surface area (Å²) in [5, 5.41) is 21.3. The molecule has 3 rings (SSSR count). The summed E-state index contributed by atoms with van der Waals surface area (Å²) in [5.41, 5.74) is 1.05. The van der Waals surface area contributed by atoms with Gasteiger partial charge in [-0.2, -0.15) is 9.64 Å². The average molecular weight is 335 g/mol. The van der Waals surface area contributed by atoms with Crippen molar-refractivity contribution in [1.29, 1.82) is 5.26 Å². The lowest BCUT2D eigenvalue weighted by Crippen LogP contribution is -2.25. The topological polar surface area (TPSA) is 83.1 Å². The van der Waals surface area contributed by atoms with Crippen LogP contribution in [0.3, 0.4) is 0 Å². The highest BCUT2D eigenvalue weighted by Gasteiger charge is 2.33. The van der Waals surface area contributed by atoms with Crippen LogP contribution in [0.5, 0.6) is 0 Å². The van der Waals surface area contributed by atoms with E-state index in [0.29, 0.717) is 22.7 Å². The third-order valence-electron chi connectivity index (χ3n) is 3.52. The molecule has 0 aliphatic heterocycles. The maximum Gasteiger partial charge on any atom is 0.274 e. The third kappa shape index (κ3) is 2.75. The molecule has 1 aromatic carbocycles. The molecule has 1 aromatic heterocycles. The molecule has 1 aliphatic carbocycles. The first-order chi connectivity index (χ1) is 10.6. The molecule has 1 saturated carbocycles. The van der Waals surface area contributed by atoms with Crippen molar-refractivity contribution in [2.45, 2.75) is 25.4 Å². The Hall–Kier alpha value is -2.17. The summed E-state index contributed by atoms with van der Waals surface area (Å²) in [5.74, 6) is 0. The van der Waals surface area contributed by atoms with E-state index < -0.39 is 0 Å². The molecular weight excluding hydrogens is 324 g/mol. The molecule has 0 spiro atoms. The molecule has 22 heavy (non-hydrogen) atoms. The number of halogens is 1. The van der Waals surface area contributed by atoms with Crippen molar-refractivity contribution in [2.24, 2.45) is 0 Å². The summed E-state index contributed by atoms with van der Waals surface area (Å²) in [6.07, 6.45) is 2.00. The van der Waals surface area contributed by atoms with Crippen LogP contribution in [-0.2, 0) is 6.54 Å². The van der Waals surface area contributed by atoms with Gasteiger partial charge in [0, 0.05) is 17.7 Å². The number of nitro benzene ring substituents is 1. The fourth-order valence-corrected chi connectivity index (χ4v) is 3.41. The van der Waals surface area contributed by atoms with Crippen LogP contribution in [-0.4, -0.2) is 15.3 Å². The van der Waals surface area contributed by atoms with Crippen LogP contribution >= 0.6 is 23.1 Å². The summed E-state index contributed by atoms with van der Waals surface area (Å²) in [4.78, 5) is 12.8. The van der Waals surface area contributed by atoms with E-state index in [1.165, 1.54) is 6.07 Å². The van der Waals surface area contributed by atoms with Gasteiger partial charge in [-0.15, -0.1) is 0 Å². The van der Waals surface area contributed by atoms with Gasteiger partial charge in [-0.3, -0.25) is 10.1 Å². The van der Waals surface area contributed by atoms with Gasteiger partial charge in [0.15, 0.2) is 5.15 Å². The van der Waals surface area contributed by atoms with Gasteiger partial charge >= 0.3 is 0 Å². The van der Waals surface area contributed by atoms with Gasteiger partial charge in [-0.25, -0.2) is 0 Å². The van der Waals surface area contributed by atoms with Crippen molar-refractivity contribution >= 4 is 33.8 Å². The molecule has 1 fully saturated rings. The SMILES string of the molecule is N#Cc1c(Cl)nsc1N(Cc1ccccc1[N+](=O)[O-])C1CC1. The molecule has 1 aliphatic rings. The molecule has 0 unspecified atom stereocenters. The van der Waals surface area contributed by atoms with Crippen molar-refractivity contribution in [3.8, 4) is 6.07 Å². The number of anilines is 1. The van der Waals surface area contributed by atoms with Crippen LogP contribution in [0.2, 0.25) is 5.15 Å². The Labute approximate surface area is 135 Å². The molecule has 6 nitrogen and oxygen atoms in total. The zero-order chi connectivity index (χ0) is 15.7. The molecular formula is C14H11ClN4O2S. The van der Waals surface area contributed by atoms with E-state index in [1.54, 1.807) is 18.2 Å². The summed E-state index contributed by atoms with van der Waals surface area (Å²) in [6.45, 7) is 0.370. The Morgan fingerprint density at radius 3 is 2.86 bits per heavy atom. The van der Waals surface area contributed by atoms with Crippen molar-refractivity contribution in [3.63, 3.8) is 0 Å². The van der Waals surface area contributed by atoms with E-state index in [4.69, 9.17) is 11.6 Å². The van der Waals surface area contributed by atoms with Crippen LogP contribution in [0, 0.1) is 21.4 Å². The highest BCUT2D eigenvalue weighted by atomic mass is 35.5. The summed E-state index contributed by atoms with van der Waals surface area (Å²) in [7, 11) is 0. The molecule has 0 bridgehead atoms. The largest absolute Gasteiger partial charge is 0.353 e. The first-order valence-corrected chi connectivity index (χ1v) is 7.81. The van der Waals surface area contributed by atoms with Gasteiger partial charge in [0.1, 0.15) is 16.6 Å². The molecule has 112 valence electrons. The standard InChI is InChI=1S/C14H11ClN4O2S/c15-13-11(7-16)14(22-17-13)18(10-5-6-10)8-9-3-1-2-4-12(9)19(20)21/h1-4,10H,5-6,8H2. The number of hydrogen-bond donors (Lipinski definition) is 0. The number of nitriles is 1. The zero-order valence-corrected chi connectivity index (χ0v) is 13.0. The van der Waals surface area contributed by atoms with Gasteiger partial charge in [0.25, 0.3) is 5.69 Å². The molecule has 0 atom stereocenters. The van der Waals surface area contributed by atoms with E-state index >= 15 is 0 Å². The smallest absolute Gasteiger partial charge is 0.274 e. The van der Waals surface area contributed by atoms with E-state index in [1.807, 2.05) is 4.90 Å². The second kappa shape index (κ2) is 5.91. The van der Waals surface area contributed by atoms with Gasteiger partial charge in [0.05, 0.1) is 11.5 Å². The van der Waals surface area contributed by atoms with Crippen LogP contribution in [0.1, 0.15) is 24.0 Å². The lowest BCUT2D eigenvalue weighted by Gasteiger charge is -2.22. The van der Waals surface area contributed by atoms with E-state index in [9.17, 15) is 15.4 Å². The monoisotopic (exact) mass is 334 g/mol. The molecule has 0 amide bonds. The number of nitrogens with zero attached hydrogens (tertiary/aromatic N) is 4. The molecule has 0 radical (unpaired) electrons. The lowest BCUT2D eigenvalue weighted by atomic mass is 10.1.